The summed E-state index contributed by atoms with van der Waals surface area (Å²) in [6.45, 7) is -0.680. The van der Waals surface area contributed by atoms with E-state index < -0.39 is 30.8 Å². The smallest absolute Gasteiger partial charge is 0.438 e. The van der Waals surface area contributed by atoms with Gasteiger partial charge in [-0.15, -0.1) is 0 Å². The van der Waals surface area contributed by atoms with E-state index in [0.717, 1.165) is 17.3 Å². The average Bonchev–Trinajstić information content (AvgIpc) is 3.04. The van der Waals surface area contributed by atoms with Crippen LogP contribution in [0.1, 0.15) is 6.42 Å². The minimum absolute atomic E-state index is 0.0192. The van der Waals surface area contributed by atoms with Gasteiger partial charge in [0.2, 0.25) is 0 Å². The topological polar surface area (TPSA) is 62.1 Å². The maximum Gasteiger partial charge on any atom is 0.438 e. The maximum atomic E-state index is 13.0. The van der Waals surface area contributed by atoms with Crippen LogP contribution in [0.25, 0.3) is 11.1 Å². The average molecular weight is 364 g/mol. The largest absolute Gasteiger partial charge is 0.484 e. The van der Waals surface area contributed by atoms with Gasteiger partial charge in [-0.05, 0) is 23.3 Å². The molecule has 0 bridgehead atoms. The number of hydrogen-bond acceptors (Lipinski definition) is 4. The molecule has 0 spiro atoms. The number of hydrazone groups is 1. The standard InChI is InChI=1S/C18H15F3N2O3/c19-18(20,21)17(25)10-11-22-23(17)16(24)12-26-15-8-6-14(7-9-15)13-4-2-1-3-5-13/h1-9,11,25H,10,12H2. The quantitative estimate of drug-likeness (QED) is 0.906. The van der Waals surface area contributed by atoms with Crippen LogP contribution in [-0.4, -0.2) is 40.7 Å². The van der Waals surface area contributed by atoms with Crippen LogP contribution in [0.15, 0.2) is 59.7 Å². The summed E-state index contributed by atoms with van der Waals surface area (Å²) in [6, 6.07) is 16.3. The molecule has 3 rings (SSSR count). The summed E-state index contributed by atoms with van der Waals surface area (Å²) in [5.41, 5.74) is -1.40. The first-order valence-corrected chi connectivity index (χ1v) is 7.74. The molecule has 26 heavy (non-hydrogen) atoms. The SMILES string of the molecule is O=C(COc1ccc(-c2ccccc2)cc1)N1N=CCC1(O)C(F)(F)F. The monoisotopic (exact) mass is 364 g/mol. The zero-order valence-electron chi connectivity index (χ0n) is 13.5. The van der Waals surface area contributed by atoms with Gasteiger partial charge in [-0.3, -0.25) is 4.79 Å². The number of aliphatic hydroxyl groups is 1. The molecule has 0 saturated carbocycles. The lowest BCUT2D eigenvalue weighted by Gasteiger charge is -2.32. The first-order valence-electron chi connectivity index (χ1n) is 7.74. The van der Waals surface area contributed by atoms with E-state index in [1.807, 2.05) is 30.3 Å². The van der Waals surface area contributed by atoms with Gasteiger partial charge in [0.25, 0.3) is 11.6 Å². The summed E-state index contributed by atoms with van der Waals surface area (Å²) in [5, 5.41) is 13.1. The fourth-order valence-electron chi connectivity index (χ4n) is 2.52. The number of carbonyl (C=O) groups excluding carboxylic acids is 1. The first-order chi connectivity index (χ1) is 12.3. The van der Waals surface area contributed by atoms with E-state index >= 15 is 0 Å². The van der Waals surface area contributed by atoms with Crippen molar-refractivity contribution in [2.75, 3.05) is 6.61 Å². The molecule has 0 radical (unpaired) electrons. The molecule has 0 saturated heterocycles. The summed E-state index contributed by atoms with van der Waals surface area (Å²) >= 11 is 0. The summed E-state index contributed by atoms with van der Waals surface area (Å²) in [4.78, 5) is 12.0. The predicted octanol–water partition coefficient (Wildman–Crippen LogP) is 3.20. The van der Waals surface area contributed by atoms with E-state index in [0.29, 0.717) is 5.75 Å². The lowest BCUT2D eigenvalue weighted by molar-refractivity contribution is -0.302. The van der Waals surface area contributed by atoms with Gasteiger partial charge in [-0.25, -0.2) is 0 Å². The van der Waals surface area contributed by atoms with Crippen molar-refractivity contribution in [2.24, 2.45) is 5.10 Å². The summed E-state index contributed by atoms with van der Waals surface area (Å²) in [6.07, 6.45) is -4.98. The molecule has 2 aromatic rings. The molecular weight excluding hydrogens is 349 g/mol. The lowest BCUT2D eigenvalue weighted by Crippen LogP contribution is -2.57. The van der Waals surface area contributed by atoms with Gasteiger partial charge in [-0.2, -0.15) is 23.3 Å². The first kappa shape index (κ1) is 17.9. The molecule has 1 amide bonds. The summed E-state index contributed by atoms with van der Waals surface area (Å²) in [5.74, 6) is -0.775. The highest BCUT2D eigenvalue weighted by Gasteiger charge is 2.61. The molecule has 2 aromatic carbocycles. The van der Waals surface area contributed by atoms with Crippen molar-refractivity contribution in [3.05, 3.63) is 54.6 Å². The molecule has 1 N–H and O–H groups in total. The number of halogens is 3. The molecule has 1 aliphatic heterocycles. The zero-order valence-corrected chi connectivity index (χ0v) is 13.5. The normalized spacial score (nSPS) is 19.6. The molecular formula is C18H15F3N2O3. The minimum Gasteiger partial charge on any atom is -0.484 e. The third kappa shape index (κ3) is 3.41. The maximum absolute atomic E-state index is 13.0. The van der Waals surface area contributed by atoms with Crippen LogP contribution < -0.4 is 4.74 Å². The summed E-state index contributed by atoms with van der Waals surface area (Å²) < 4.78 is 44.1. The molecule has 1 unspecified atom stereocenters. The van der Waals surface area contributed by atoms with E-state index in [1.165, 1.54) is 0 Å². The molecule has 0 aliphatic carbocycles. The number of alkyl halides is 3. The summed E-state index contributed by atoms with van der Waals surface area (Å²) in [7, 11) is 0. The fourth-order valence-corrected chi connectivity index (χ4v) is 2.52. The van der Waals surface area contributed by atoms with Gasteiger partial charge >= 0.3 is 6.18 Å². The van der Waals surface area contributed by atoms with Crippen molar-refractivity contribution in [1.82, 2.24) is 5.01 Å². The Bertz CT molecular complexity index is 807. The molecule has 136 valence electrons. The second kappa shape index (κ2) is 6.80. The van der Waals surface area contributed by atoms with Gasteiger partial charge in [0.1, 0.15) is 5.75 Å². The Kier molecular flexibility index (Phi) is 4.69. The zero-order chi connectivity index (χ0) is 18.8. The predicted molar refractivity (Wildman–Crippen MR) is 88.3 cm³/mol. The number of nitrogens with zero attached hydrogens (tertiary/aromatic N) is 2. The van der Waals surface area contributed by atoms with Crippen molar-refractivity contribution in [3.63, 3.8) is 0 Å². The van der Waals surface area contributed by atoms with Crippen molar-refractivity contribution in [2.45, 2.75) is 18.3 Å². The molecule has 0 aromatic heterocycles. The highest BCUT2D eigenvalue weighted by molar-refractivity contribution is 5.81. The second-order valence-electron chi connectivity index (χ2n) is 5.70. The Morgan fingerprint density at radius 2 is 1.73 bits per heavy atom. The van der Waals surface area contributed by atoms with Crippen LogP contribution in [0.4, 0.5) is 13.2 Å². The van der Waals surface area contributed by atoms with Gasteiger partial charge in [0.15, 0.2) is 6.61 Å². The number of hydrogen-bond donors (Lipinski definition) is 1. The number of rotatable bonds is 4. The van der Waals surface area contributed by atoms with E-state index in [9.17, 15) is 23.1 Å². The van der Waals surface area contributed by atoms with Crippen LogP contribution in [-0.2, 0) is 4.79 Å². The van der Waals surface area contributed by atoms with Crippen LogP contribution in [0.2, 0.25) is 0 Å². The van der Waals surface area contributed by atoms with E-state index in [1.54, 1.807) is 24.3 Å². The van der Waals surface area contributed by atoms with Gasteiger partial charge in [-0.1, -0.05) is 42.5 Å². The molecule has 0 fully saturated rings. The minimum atomic E-state index is -5.02. The van der Waals surface area contributed by atoms with Crippen LogP contribution in [0, 0.1) is 0 Å². The number of ether oxygens (including phenoxy) is 1. The molecule has 1 aliphatic rings. The van der Waals surface area contributed by atoms with E-state index in [2.05, 4.69) is 5.10 Å². The Balaban J connectivity index is 1.64. The van der Waals surface area contributed by atoms with E-state index in [-0.39, 0.29) is 5.01 Å². The Morgan fingerprint density at radius 3 is 2.35 bits per heavy atom. The lowest BCUT2D eigenvalue weighted by atomic mass is 10.1. The number of amides is 1. The van der Waals surface area contributed by atoms with Crippen molar-refractivity contribution in [1.29, 1.82) is 0 Å². The van der Waals surface area contributed by atoms with Gasteiger partial charge in [0.05, 0.1) is 0 Å². The van der Waals surface area contributed by atoms with Crippen molar-refractivity contribution < 1.29 is 27.8 Å². The number of carbonyl (C=O) groups is 1. The Hall–Kier alpha value is -2.87. The molecule has 1 heterocycles. The third-order valence-electron chi connectivity index (χ3n) is 3.94. The van der Waals surface area contributed by atoms with Crippen molar-refractivity contribution >= 4 is 12.1 Å². The van der Waals surface area contributed by atoms with E-state index in [4.69, 9.17) is 4.74 Å². The van der Waals surface area contributed by atoms with Crippen LogP contribution >= 0.6 is 0 Å². The Morgan fingerprint density at radius 1 is 1.12 bits per heavy atom. The van der Waals surface area contributed by atoms with Crippen LogP contribution in [0.5, 0.6) is 5.75 Å². The highest BCUT2D eigenvalue weighted by atomic mass is 19.4. The third-order valence-corrected chi connectivity index (χ3v) is 3.94. The second-order valence-corrected chi connectivity index (χ2v) is 5.70. The molecule has 5 nitrogen and oxygen atoms in total. The molecule has 1 atom stereocenters. The number of benzene rings is 2. The fraction of sp³-hybridized carbons (Fsp3) is 0.222. The Labute approximate surface area is 147 Å². The van der Waals surface area contributed by atoms with Crippen molar-refractivity contribution in [3.8, 4) is 16.9 Å². The van der Waals surface area contributed by atoms with Gasteiger partial charge in [0, 0.05) is 12.6 Å². The van der Waals surface area contributed by atoms with Gasteiger partial charge < -0.3 is 9.84 Å². The highest BCUT2D eigenvalue weighted by Crippen LogP contribution is 2.38. The molecule has 8 heteroatoms. The van der Waals surface area contributed by atoms with Crippen LogP contribution in [0.3, 0.4) is 0 Å².